The molecule has 0 aliphatic carbocycles. The summed E-state index contributed by atoms with van der Waals surface area (Å²) < 4.78 is 4.41. The number of carbonyl (C=O) groups is 2. The summed E-state index contributed by atoms with van der Waals surface area (Å²) in [4.78, 5) is 21.1. The van der Waals surface area contributed by atoms with Crippen LogP contribution in [0.15, 0.2) is 11.5 Å². The highest BCUT2D eigenvalue weighted by Crippen LogP contribution is 2.09. The number of carbonyl (C=O) groups excluding carboxylic acids is 2. The van der Waals surface area contributed by atoms with Crippen LogP contribution in [-0.2, 0) is 14.1 Å². The number of Topliss-reactive ketones (excluding diaryl/α,β-unsaturated/α-hetero) is 2. The normalized spacial score (nSPS) is 11.9. The quantitative estimate of drug-likeness (QED) is 0.391. The second kappa shape index (κ2) is 4.09. The van der Waals surface area contributed by atoms with Gasteiger partial charge in [0, 0.05) is 13.8 Å². The Morgan fingerprint density at radius 2 is 1.73 bits per heavy atom. The Morgan fingerprint density at radius 3 is 1.82 bits per heavy atom. The van der Waals surface area contributed by atoms with Crippen molar-refractivity contribution in [3.63, 3.8) is 0 Å². The molecular weight excluding hydrogens is 167 g/mol. The third-order valence-corrected chi connectivity index (χ3v) is 1.22. The first-order valence-electron chi connectivity index (χ1n) is 2.82. The summed E-state index contributed by atoms with van der Waals surface area (Å²) in [5.74, 6) is -2.07. The monoisotopic (exact) mass is 176 g/mol. The molecule has 1 unspecified atom stereocenters. The van der Waals surface area contributed by atoms with Gasteiger partial charge in [0.2, 0.25) is 11.5 Å². The Morgan fingerprint density at radius 1 is 1.27 bits per heavy atom. The molecule has 0 radical (unpaired) electrons. The molecule has 0 saturated heterocycles. The van der Waals surface area contributed by atoms with Gasteiger partial charge in [-0.3, -0.25) is 9.59 Å². The van der Waals surface area contributed by atoms with Gasteiger partial charge in [-0.2, -0.15) is 0 Å². The molecule has 0 aromatic heterocycles. The highest BCUT2D eigenvalue weighted by molar-refractivity contribution is 7.10. The lowest BCUT2D eigenvalue weighted by Crippen LogP contribution is -2.07. The van der Waals surface area contributed by atoms with E-state index in [0.717, 1.165) is 6.92 Å². The summed E-state index contributed by atoms with van der Waals surface area (Å²) in [6.45, 7) is 2.33. The summed E-state index contributed by atoms with van der Waals surface area (Å²) in [5.41, 5.74) is 0. The fourth-order valence-electron chi connectivity index (χ4n) is 0.465. The van der Waals surface area contributed by atoms with Crippen LogP contribution in [0.1, 0.15) is 13.8 Å². The summed E-state index contributed by atoms with van der Waals surface area (Å²) >= 11 is 0. The lowest BCUT2D eigenvalue weighted by atomic mass is 10.2. The average Bonchev–Trinajstić information content (AvgIpc) is 1.88. The average molecular weight is 176 g/mol. The van der Waals surface area contributed by atoms with Gasteiger partial charge >= 0.3 is 0 Å². The first-order chi connectivity index (χ1) is 5.00. The third-order valence-electron chi connectivity index (χ3n) is 0.986. The third kappa shape index (κ3) is 2.68. The second-order valence-corrected chi connectivity index (χ2v) is 2.14. The van der Waals surface area contributed by atoms with Crippen LogP contribution in [-0.4, -0.2) is 16.7 Å². The van der Waals surface area contributed by atoms with Gasteiger partial charge in [0.05, 0.1) is 9.47 Å². The summed E-state index contributed by atoms with van der Waals surface area (Å²) in [6.07, 6.45) is 0. The second-order valence-electron chi connectivity index (χ2n) is 1.91. The lowest BCUT2D eigenvalue weighted by Gasteiger charge is -2.01. The zero-order valence-electron chi connectivity index (χ0n) is 6.25. The predicted octanol–water partition coefficient (Wildman–Crippen LogP) is 0.741. The number of aliphatic hydroxyl groups excluding tert-OH is 1. The standard InChI is InChI=1S/C6H9O4P/c1-3(7)5(9)6(10-11)4(2)8/h9H,11H2,1-2H3/b6-5+. The van der Waals surface area contributed by atoms with Gasteiger partial charge in [0.15, 0.2) is 11.6 Å². The molecule has 11 heavy (non-hydrogen) atoms. The maximum absolute atomic E-state index is 10.6. The van der Waals surface area contributed by atoms with Crippen molar-refractivity contribution >= 4 is 21.0 Å². The maximum Gasteiger partial charge on any atom is 0.210 e. The van der Waals surface area contributed by atoms with E-state index < -0.39 is 17.3 Å². The van der Waals surface area contributed by atoms with Crippen LogP contribution in [0.2, 0.25) is 0 Å². The largest absolute Gasteiger partial charge is 0.502 e. The predicted molar refractivity (Wildman–Crippen MR) is 41.8 cm³/mol. The number of allylic oxidation sites excluding steroid dienone is 2. The zero-order chi connectivity index (χ0) is 9.02. The molecule has 0 aromatic rings. The molecule has 0 aliphatic rings. The highest BCUT2D eigenvalue weighted by Gasteiger charge is 2.14. The molecule has 1 atom stereocenters. The van der Waals surface area contributed by atoms with E-state index in [4.69, 9.17) is 5.11 Å². The first-order valence-corrected chi connectivity index (χ1v) is 3.29. The minimum absolute atomic E-state index is 0.331. The van der Waals surface area contributed by atoms with Crippen molar-refractivity contribution in [2.45, 2.75) is 13.8 Å². The van der Waals surface area contributed by atoms with Gasteiger partial charge in [-0.25, -0.2) is 0 Å². The summed E-state index contributed by atoms with van der Waals surface area (Å²) in [7, 11) is 1.79. The molecule has 1 N–H and O–H groups in total. The maximum atomic E-state index is 10.6. The zero-order valence-corrected chi connectivity index (χ0v) is 7.40. The lowest BCUT2D eigenvalue weighted by molar-refractivity contribution is -0.119. The molecule has 0 spiro atoms. The van der Waals surface area contributed by atoms with Gasteiger partial charge in [-0.15, -0.1) is 0 Å². The van der Waals surface area contributed by atoms with E-state index in [1.54, 1.807) is 9.47 Å². The number of rotatable bonds is 3. The molecule has 0 amide bonds. The van der Waals surface area contributed by atoms with E-state index in [2.05, 4.69) is 4.52 Å². The fraction of sp³-hybridized carbons (Fsp3) is 0.333. The van der Waals surface area contributed by atoms with Crippen molar-refractivity contribution in [2.24, 2.45) is 0 Å². The van der Waals surface area contributed by atoms with Crippen molar-refractivity contribution in [3.05, 3.63) is 11.5 Å². The van der Waals surface area contributed by atoms with Crippen molar-refractivity contribution in [2.75, 3.05) is 0 Å². The first kappa shape index (κ1) is 10.1. The Kier molecular flexibility index (Phi) is 3.76. The van der Waals surface area contributed by atoms with Crippen LogP contribution in [0, 0.1) is 0 Å². The summed E-state index contributed by atoms with van der Waals surface area (Å²) in [5, 5.41) is 8.93. The SMILES string of the molecule is CC(=O)/C(O)=C(\OP)C(C)=O. The van der Waals surface area contributed by atoms with E-state index >= 15 is 0 Å². The Balaban J connectivity index is 4.83. The molecule has 4 nitrogen and oxygen atoms in total. The Bertz CT molecular complexity index is 219. The molecule has 0 heterocycles. The van der Waals surface area contributed by atoms with Crippen molar-refractivity contribution in [1.29, 1.82) is 0 Å². The van der Waals surface area contributed by atoms with Gasteiger partial charge in [-0.05, 0) is 0 Å². The molecular formula is C6H9O4P. The molecule has 0 aliphatic heterocycles. The van der Waals surface area contributed by atoms with E-state index in [1.807, 2.05) is 0 Å². The van der Waals surface area contributed by atoms with Crippen LogP contribution < -0.4 is 0 Å². The molecule has 0 bridgehead atoms. The van der Waals surface area contributed by atoms with Crippen molar-refractivity contribution < 1.29 is 19.2 Å². The topological polar surface area (TPSA) is 63.6 Å². The van der Waals surface area contributed by atoms with Crippen LogP contribution >= 0.6 is 9.47 Å². The smallest absolute Gasteiger partial charge is 0.210 e. The number of aliphatic hydroxyl groups is 1. The van der Waals surface area contributed by atoms with Gasteiger partial charge in [0.1, 0.15) is 0 Å². The van der Waals surface area contributed by atoms with Gasteiger partial charge in [0.25, 0.3) is 0 Å². The molecule has 0 saturated carbocycles. The molecule has 0 aromatic carbocycles. The van der Waals surface area contributed by atoms with E-state index in [9.17, 15) is 9.59 Å². The molecule has 5 heteroatoms. The molecule has 62 valence electrons. The Labute approximate surface area is 66.5 Å². The van der Waals surface area contributed by atoms with Crippen molar-refractivity contribution in [3.8, 4) is 0 Å². The van der Waals surface area contributed by atoms with E-state index in [1.165, 1.54) is 6.92 Å². The van der Waals surface area contributed by atoms with Crippen molar-refractivity contribution in [1.82, 2.24) is 0 Å². The molecule has 0 fully saturated rings. The van der Waals surface area contributed by atoms with E-state index in [0.29, 0.717) is 0 Å². The van der Waals surface area contributed by atoms with Gasteiger partial charge in [-0.1, -0.05) is 0 Å². The highest BCUT2D eigenvalue weighted by atomic mass is 31.0. The summed E-state index contributed by atoms with van der Waals surface area (Å²) in [6, 6.07) is 0. The fourth-order valence-corrected chi connectivity index (χ4v) is 0.743. The number of hydrogen-bond acceptors (Lipinski definition) is 4. The Hall–Kier alpha value is -0.890. The number of hydrogen-bond donors (Lipinski definition) is 1. The van der Waals surface area contributed by atoms with Crippen LogP contribution in [0.5, 0.6) is 0 Å². The van der Waals surface area contributed by atoms with Crippen LogP contribution in [0.4, 0.5) is 0 Å². The van der Waals surface area contributed by atoms with Crippen LogP contribution in [0.25, 0.3) is 0 Å². The molecule has 0 rings (SSSR count). The number of ketones is 2. The van der Waals surface area contributed by atoms with Gasteiger partial charge < -0.3 is 9.63 Å². The van der Waals surface area contributed by atoms with Crippen LogP contribution in [0.3, 0.4) is 0 Å². The minimum Gasteiger partial charge on any atom is -0.502 e. The minimum atomic E-state index is -0.646. The van der Waals surface area contributed by atoms with E-state index in [-0.39, 0.29) is 5.76 Å².